The second-order valence-electron chi connectivity index (χ2n) is 3.39. The Morgan fingerprint density at radius 3 is 2.94 bits per heavy atom. The summed E-state index contributed by atoms with van der Waals surface area (Å²) in [5.41, 5.74) is 0.0643. The first-order valence-corrected chi connectivity index (χ1v) is 5.59. The van der Waals surface area contributed by atoms with Gasteiger partial charge in [0.25, 0.3) is 5.56 Å². The molecule has 7 heteroatoms. The maximum atomic E-state index is 12.2. The molecule has 86 valence electrons. The topological polar surface area (TPSA) is 50.7 Å². The average Bonchev–Trinajstić information content (AvgIpc) is 2.41. The van der Waals surface area contributed by atoms with E-state index in [1.165, 1.54) is 0 Å². The smallest absolute Gasteiger partial charge is 0.261 e. The van der Waals surface area contributed by atoms with E-state index in [4.69, 9.17) is 0 Å². The molecular weight excluding hydrogens is 331 g/mol. The fourth-order valence-corrected chi connectivity index (χ4v) is 2.42. The lowest BCUT2D eigenvalue weighted by Gasteiger charge is -2.01. The standard InChI is InChI=1S/C9H8F2IN3O/c1-15-3-4(12)7-8(15)13-6(2-5(10)11)14-9(7)16/h3,5H,2H2,1H3,(H,13,14,16). The number of nitrogens with zero attached hydrogens (tertiary/aromatic N) is 2. The maximum Gasteiger partial charge on any atom is 0.261 e. The molecule has 4 nitrogen and oxygen atoms in total. The second kappa shape index (κ2) is 4.11. The Bertz CT molecular complexity index is 590. The van der Waals surface area contributed by atoms with Crippen molar-refractivity contribution in [3.05, 3.63) is 25.9 Å². The van der Waals surface area contributed by atoms with Gasteiger partial charge < -0.3 is 9.55 Å². The third-order valence-electron chi connectivity index (χ3n) is 2.18. The molecule has 0 aliphatic carbocycles. The number of hydrogen-bond donors (Lipinski definition) is 1. The highest BCUT2D eigenvalue weighted by Gasteiger charge is 2.13. The van der Waals surface area contributed by atoms with Crippen molar-refractivity contribution in [2.75, 3.05) is 0 Å². The van der Waals surface area contributed by atoms with E-state index in [1.54, 1.807) is 17.8 Å². The zero-order valence-corrected chi connectivity index (χ0v) is 10.5. The van der Waals surface area contributed by atoms with E-state index < -0.39 is 12.8 Å². The third kappa shape index (κ3) is 1.95. The molecule has 0 saturated carbocycles. The Morgan fingerprint density at radius 2 is 2.31 bits per heavy atom. The molecule has 0 amide bonds. The highest BCUT2D eigenvalue weighted by molar-refractivity contribution is 14.1. The first-order chi connectivity index (χ1) is 7.49. The zero-order valence-electron chi connectivity index (χ0n) is 8.30. The Labute approximate surface area is 103 Å². The van der Waals surface area contributed by atoms with Crippen LogP contribution in [0.4, 0.5) is 8.78 Å². The van der Waals surface area contributed by atoms with Gasteiger partial charge in [0.15, 0.2) is 0 Å². The van der Waals surface area contributed by atoms with Crippen LogP contribution in [-0.4, -0.2) is 21.0 Å². The van der Waals surface area contributed by atoms with Gasteiger partial charge in [-0.15, -0.1) is 0 Å². The zero-order chi connectivity index (χ0) is 11.9. The Balaban J connectivity index is 2.67. The first-order valence-electron chi connectivity index (χ1n) is 4.51. The molecule has 0 unspecified atom stereocenters. The molecule has 0 bridgehead atoms. The van der Waals surface area contributed by atoms with Crippen LogP contribution in [-0.2, 0) is 13.5 Å². The number of nitrogens with one attached hydrogen (secondary N) is 1. The molecule has 0 radical (unpaired) electrons. The van der Waals surface area contributed by atoms with Gasteiger partial charge in [0.2, 0.25) is 6.43 Å². The van der Waals surface area contributed by atoms with E-state index in [0.29, 0.717) is 11.0 Å². The minimum Gasteiger partial charge on any atom is -0.334 e. The van der Waals surface area contributed by atoms with Gasteiger partial charge in [-0.25, -0.2) is 13.8 Å². The highest BCUT2D eigenvalue weighted by atomic mass is 127. The molecule has 2 aromatic heterocycles. The summed E-state index contributed by atoms with van der Waals surface area (Å²) in [5.74, 6) is 0.0186. The van der Waals surface area contributed by atoms with Crippen molar-refractivity contribution in [2.45, 2.75) is 12.8 Å². The van der Waals surface area contributed by atoms with Gasteiger partial charge in [0, 0.05) is 16.8 Å². The highest BCUT2D eigenvalue weighted by Crippen LogP contribution is 2.17. The van der Waals surface area contributed by atoms with Crippen molar-refractivity contribution < 1.29 is 8.78 Å². The average molecular weight is 339 g/mol. The van der Waals surface area contributed by atoms with E-state index >= 15 is 0 Å². The summed E-state index contributed by atoms with van der Waals surface area (Å²) < 4.78 is 26.8. The minimum atomic E-state index is -2.51. The number of aromatic amines is 1. The lowest BCUT2D eigenvalue weighted by Crippen LogP contribution is -2.14. The molecule has 0 fully saturated rings. The van der Waals surface area contributed by atoms with Crippen LogP contribution in [0.3, 0.4) is 0 Å². The molecule has 0 aliphatic rings. The van der Waals surface area contributed by atoms with Crippen molar-refractivity contribution in [1.29, 1.82) is 0 Å². The number of hydrogen-bond acceptors (Lipinski definition) is 2. The van der Waals surface area contributed by atoms with Gasteiger partial charge in [0.1, 0.15) is 11.5 Å². The first kappa shape index (κ1) is 11.5. The summed E-state index contributed by atoms with van der Waals surface area (Å²) in [7, 11) is 1.73. The Morgan fingerprint density at radius 1 is 1.62 bits per heavy atom. The summed E-state index contributed by atoms with van der Waals surface area (Å²) in [6.07, 6.45) is -1.31. The molecular formula is C9H8F2IN3O. The Hall–Kier alpha value is -0.990. The van der Waals surface area contributed by atoms with Crippen LogP contribution < -0.4 is 5.56 Å². The fraction of sp³-hybridized carbons (Fsp3) is 0.333. The molecule has 2 rings (SSSR count). The summed E-state index contributed by atoms with van der Waals surface area (Å²) in [4.78, 5) is 18.0. The van der Waals surface area contributed by atoms with E-state index in [0.717, 1.165) is 3.57 Å². The van der Waals surface area contributed by atoms with Crippen molar-refractivity contribution in [3.63, 3.8) is 0 Å². The second-order valence-corrected chi connectivity index (χ2v) is 4.56. The number of halogens is 3. The monoisotopic (exact) mass is 339 g/mol. The predicted molar refractivity (Wildman–Crippen MR) is 63.8 cm³/mol. The number of rotatable bonds is 2. The van der Waals surface area contributed by atoms with Crippen LogP contribution in [0.1, 0.15) is 5.82 Å². The fourth-order valence-electron chi connectivity index (χ4n) is 1.52. The number of alkyl halides is 2. The van der Waals surface area contributed by atoms with Crippen LogP contribution >= 0.6 is 22.6 Å². The van der Waals surface area contributed by atoms with Gasteiger partial charge in [-0.05, 0) is 22.6 Å². The van der Waals surface area contributed by atoms with Gasteiger partial charge in [-0.2, -0.15) is 0 Å². The molecule has 0 aromatic carbocycles. The van der Waals surface area contributed by atoms with Crippen LogP contribution in [0.15, 0.2) is 11.0 Å². The van der Waals surface area contributed by atoms with E-state index in [-0.39, 0.29) is 11.4 Å². The number of H-pyrrole nitrogens is 1. The van der Waals surface area contributed by atoms with Crippen LogP contribution in [0.2, 0.25) is 0 Å². The van der Waals surface area contributed by atoms with Gasteiger partial charge in [-0.1, -0.05) is 0 Å². The van der Waals surface area contributed by atoms with Gasteiger partial charge in [0.05, 0.1) is 11.8 Å². The summed E-state index contributed by atoms with van der Waals surface area (Å²) in [5, 5.41) is 0.445. The summed E-state index contributed by atoms with van der Waals surface area (Å²) in [6, 6.07) is 0. The number of aryl methyl sites for hydroxylation is 1. The van der Waals surface area contributed by atoms with Crippen molar-refractivity contribution in [2.24, 2.45) is 7.05 Å². The largest absolute Gasteiger partial charge is 0.334 e. The third-order valence-corrected chi connectivity index (χ3v) is 2.99. The predicted octanol–water partition coefficient (Wildman–Crippen LogP) is 1.67. The molecule has 16 heavy (non-hydrogen) atoms. The van der Waals surface area contributed by atoms with Crippen LogP contribution in [0.5, 0.6) is 0 Å². The lowest BCUT2D eigenvalue weighted by atomic mass is 10.3. The van der Waals surface area contributed by atoms with Crippen molar-refractivity contribution in [3.8, 4) is 0 Å². The minimum absolute atomic E-state index is 0.0186. The number of fused-ring (bicyclic) bond motifs is 1. The molecule has 0 saturated heterocycles. The normalized spacial score (nSPS) is 11.6. The van der Waals surface area contributed by atoms with Crippen molar-refractivity contribution >= 4 is 33.6 Å². The summed E-state index contributed by atoms with van der Waals surface area (Å²) in [6.45, 7) is 0. The molecule has 0 aliphatic heterocycles. The summed E-state index contributed by atoms with van der Waals surface area (Å²) >= 11 is 2.01. The van der Waals surface area contributed by atoms with Gasteiger partial charge >= 0.3 is 0 Å². The van der Waals surface area contributed by atoms with Gasteiger partial charge in [-0.3, -0.25) is 4.79 Å². The van der Waals surface area contributed by atoms with Crippen LogP contribution in [0.25, 0.3) is 11.0 Å². The lowest BCUT2D eigenvalue weighted by molar-refractivity contribution is 0.146. The molecule has 2 heterocycles. The van der Waals surface area contributed by atoms with Crippen LogP contribution in [0, 0.1) is 3.57 Å². The van der Waals surface area contributed by atoms with E-state index in [2.05, 4.69) is 9.97 Å². The Kier molecular flexibility index (Phi) is 2.96. The number of aromatic nitrogens is 3. The molecule has 0 spiro atoms. The quantitative estimate of drug-likeness (QED) is 0.847. The SMILES string of the molecule is Cn1cc(I)c2c(=O)[nH]c(CC(F)F)nc21. The molecule has 1 N–H and O–H groups in total. The van der Waals surface area contributed by atoms with E-state index in [1.807, 2.05) is 22.6 Å². The molecule has 2 aromatic rings. The van der Waals surface area contributed by atoms with Crippen molar-refractivity contribution in [1.82, 2.24) is 14.5 Å². The maximum absolute atomic E-state index is 12.2. The molecule has 0 atom stereocenters. The van der Waals surface area contributed by atoms with E-state index in [9.17, 15) is 13.6 Å².